The lowest BCUT2D eigenvalue weighted by Gasteiger charge is -1.90. The van der Waals surface area contributed by atoms with E-state index < -0.39 is 0 Å². The standard InChI is InChI=1S/C7H13N3/c1-6-7(4-8-2)5-10(3)9-6/h5,8H,4H2,1-3H3/p+1. The summed E-state index contributed by atoms with van der Waals surface area (Å²) >= 11 is 0. The zero-order valence-corrected chi connectivity index (χ0v) is 6.73. The minimum absolute atomic E-state index is 0.934. The second-order valence-corrected chi connectivity index (χ2v) is 2.53. The average molecular weight is 140 g/mol. The molecule has 0 unspecified atom stereocenters. The maximum atomic E-state index is 3.17. The second kappa shape index (κ2) is 2.84. The van der Waals surface area contributed by atoms with E-state index in [1.165, 1.54) is 11.3 Å². The van der Waals surface area contributed by atoms with Gasteiger partial charge in [0.15, 0.2) is 13.2 Å². The topological polar surface area (TPSA) is 31.7 Å². The van der Waals surface area contributed by atoms with Crippen LogP contribution in [0.3, 0.4) is 0 Å². The molecule has 0 aliphatic carbocycles. The molecule has 0 atom stereocenters. The maximum absolute atomic E-state index is 3.17. The number of hydrogen-bond donors (Lipinski definition) is 2. The molecule has 3 heteroatoms. The van der Waals surface area contributed by atoms with E-state index in [9.17, 15) is 0 Å². The fourth-order valence-corrected chi connectivity index (χ4v) is 1.07. The predicted octanol–water partition coefficient (Wildman–Crippen LogP) is -0.133. The highest BCUT2D eigenvalue weighted by Gasteiger charge is 2.04. The molecule has 0 saturated heterocycles. The van der Waals surface area contributed by atoms with Crippen molar-refractivity contribution in [1.82, 2.24) is 10.4 Å². The summed E-state index contributed by atoms with van der Waals surface area (Å²) in [5, 5.41) is 6.27. The van der Waals surface area contributed by atoms with Crippen molar-refractivity contribution in [2.24, 2.45) is 7.05 Å². The molecule has 0 aliphatic rings. The van der Waals surface area contributed by atoms with Crippen molar-refractivity contribution < 1.29 is 4.68 Å². The molecule has 1 rings (SSSR count). The summed E-state index contributed by atoms with van der Waals surface area (Å²) in [4.78, 5) is 0. The fourth-order valence-electron chi connectivity index (χ4n) is 1.07. The summed E-state index contributed by atoms with van der Waals surface area (Å²) in [5.41, 5.74) is 2.56. The Labute approximate surface area is 61.0 Å². The van der Waals surface area contributed by atoms with Gasteiger partial charge in [0.2, 0.25) is 0 Å². The average Bonchev–Trinajstić information content (AvgIpc) is 2.13. The minimum Gasteiger partial charge on any atom is -0.315 e. The molecule has 0 amide bonds. The Hall–Kier alpha value is -0.830. The van der Waals surface area contributed by atoms with Crippen LogP contribution in [-0.2, 0) is 13.6 Å². The van der Waals surface area contributed by atoms with Gasteiger partial charge < -0.3 is 5.32 Å². The van der Waals surface area contributed by atoms with Gasteiger partial charge in [-0.05, 0) is 14.0 Å². The maximum Gasteiger partial charge on any atom is 0.199 e. The van der Waals surface area contributed by atoms with E-state index in [4.69, 9.17) is 0 Å². The molecule has 56 valence electrons. The van der Waals surface area contributed by atoms with Gasteiger partial charge in [-0.25, -0.2) is 0 Å². The highest BCUT2D eigenvalue weighted by molar-refractivity contribution is 5.10. The molecule has 0 aliphatic heterocycles. The van der Waals surface area contributed by atoms with Crippen molar-refractivity contribution in [2.75, 3.05) is 7.05 Å². The highest BCUT2D eigenvalue weighted by atomic mass is 15.2. The molecule has 0 radical (unpaired) electrons. The van der Waals surface area contributed by atoms with E-state index in [0.29, 0.717) is 0 Å². The van der Waals surface area contributed by atoms with Crippen LogP contribution in [0.1, 0.15) is 11.3 Å². The lowest BCUT2D eigenvalue weighted by Crippen LogP contribution is -2.28. The van der Waals surface area contributed by atoms with E-state index in [0.717, 1.165) is 6.54 Å². The molecular weight excluding hydrogens is 126 g/mol. The first-order chi connectivity index (χ1) is 4.74. The van der Waals surface area contributed by atoms with Gasteiger partial charge in [-0.15, -0.1) is 4.68 Å². The third kappa shape index (κ3) is 1.36. The monoisotopic (exact) mass is 140 g/mol. The Balaban J connectivity index is 2.81. The molecule has 1 aromatic rings. The molecule has 3 nitrogen and oxygen atoms in total. The SMILES string of the molecule is CNCc1c[n+](C)[nH]c1C. The first kappa shape index (κ1) is 7.28. The van der Waals surface area contributed by atoms with Crippen molar-refractivity contribution in [3.63, 3.8) is 0 Å². The van der Waals surface area contributed by atoms with E-state index in [1.54, 1.807) is 0 Å². The van der Waals surface area contributed by atoms with Crippen LogP contribution in [0.2, 0.25) is 0 Å². The predicted molar refractivity (Wildman–Crippen MR) is 39.5 cm³/mol. The Morgan fingerprint density at radius 2 is 2.40 bits per heavy atom. The van der Waals surface area contributed by atoms with Crippen LogP contribution in [0.25, 0.3) is 0 Å². The molecule has 2 N–H and O–H groups in total. The van der Waals surface area contributed by atoms with Gasteiger partial charge in [-0.2, -0.15) is 5.10 Å². The quantitative estimate of drug-likeness (QED) is 0.551. The molecule has 10 heavy (non-hydrogen) atoms. The van der Waals surface area contributed by atoms with Gasteiger partial charge in [0.05, 0.1) is 11.3 Å². The number of aromatic nitrogens is 2. The summed E-state index contributed by atoms with van der Waals surface area (Å²) in [6.07, 6.45) is 2.09. The van der Waals surface area contributed by atoms with Crippen LogP contribution in [0.15, 0.2) is 6.20 Å². The third-order valence-electron chi connectivity index (χ3n) is 1.54. The van der Waals surface area contributed by atoms with Crippen LogP contribution in [0.4, 0.5) is 0 Å². The van der Waals surface area contributed by atoms with Crippen LogP contribution < -0.4 is 10.00 Å². The molecular formula is C7H14N3+. The summed E-state index contributed by atoms with van der Waals surface area (Å²) < 4.78 is 1.96. The van der Waals surface area contributed by atoms with Gasteiger partial charge in [-0.1, -0.05) is 0 Å². The zero-order chi connectivity index (χ0) is 7.56. The third-order valence-corrected chi connectivity index (χ3v) is 1.54. The van der Waals surface area contributed by atoms with Gasteiger partial charge >= 0.3 is 0 Å². The van der Waals surface area contributed by atoms with E-state index in [-0.39, 0.29) is 0 Å². The smallest absolute Gasteiger partial charge is 0.199 e. The largest absolute Gasteiger partial charge is 0.315 e. The molecule has 1 heterocycles. The summed E-state index contributed by atoms with van der Waals surface area (Å²) in [5.74, 6) is 0. The van der Waals surface area contributed by atoms with Crippen molar-refractivity contribution >= 4 is 0 Å². The van der Waals surface area contributed by atoms with E-state index in [1.807, 2.05) is 18.8 Å². The molecule has 0 aromatic carbocycles. The number of nitrogens with one attached hydrogen (secondary N) is 2. The van der Waals surface area contributed by atoms with E-state index in [2.05, 4.69) is 23.5 Å². The molecule has 1 aromatic heterocycles. The van der Waals surface area contributed by atoms with Crippen LogP contribution in [0.5, 0.6) is 0 Å². The molecule has 0 fully saturated rings. The first-order valence-corrected chi connectivity index (χ1v) is 3.42. The lowest BCUT2D eigenvalue weighted by molar-refractivity contribution is -0.727. The normalized spacial score (nSPS) is 10.3. The Bertz CT molecular complexity index is 215. The summed E-state index contributed by atoms with van der Waals surface area (Å²) in [6, 6.07) is 0. The van der Waals surface area contributed by atoms with Crippen LogP contribution >= 0.6 is 0 Å². The lowest BCUT2D eigenvalue weighted by atomic mass is 10.3. The number of hydrogen-bond acceptors (Lipinski definition) is 1. The summed E-state index contributed by atoms with van der Waals surface area (Å²) in [6.45, 7) is 3.01. The van der Waals surface area contributed by atoms with Gasteiger partial charge in [0, 0.05) is 6.54 Å². The Morgan fingerprint density at radius 3 is 2.80 bits per heavy atom. The number of nitrogens with zero attached hydrogens (tertiary/aromatic N) is 1. The first-order valence-electron chi connectivity index (χ1n) is 3.42. The Morgan fingerprint density at radius 1 is 1.70 bits per heavy atom. The second-order valence-electron chi connectivity index (χ2n) is 2.53. The highest BCUT2D eigenvalue weighted by Crippen LogP contribution is 1.98. The van der Waals surface area contributed by atoms with Crippen molar-refractivity contribution in [3.05, 3.63) is 17.5 Å². The fraction of sp³-hybridized carbons (Fsp3) is 0.571. The van der Waals surface area contributed by atoms with Crippen molar-refractivity contribution in [2.45, 2.75) is 13.5 Å². The van der Waals surface area contributed by atoms with Crippen molar-refractivity contribution in [1.29, 1.82) is 0 Å². The van der Waals surface area contributed by atoms with Crippen molar-refractivity contribution in [3.8, 4) is 0 Å². The summed E-state index contributed by atoms with van der Waals surface area (Å²) in [7, 11) is 3.94. The zero-order valence-electron chi connectivity index (χ0n) is 6.73. The molecule has 0 spiro atoms. The number of aromatic amines is 1. The van der Waals surface area contributed by atoms with E-state index >= 15 is 0 Å². The van der Waals surface area contributed by atoms with Gasteiger partial charge in [0.1, 0.15) is 0 Å². The minimum atomic E-state index is 0.934. The van der Waals surface area contributed by atoms with Crippen LogP contribution in [-0.4, -0.2) is 12.1 Å². The van der Waals surface area contributed by atoms with Gasteiger partial charge in [-0.3, -0.25) is 0 Å². The molecule has 0 saturated carbocycles. The number of rotatable bonds is 2. The molecule has 0 bridgehead atoms. The van der Waals surface area contributed by atoms with Gasteiger partial charge in [0.25, 0.3) is 0 Å². The number of aryl methyl sites for hydroxylation is 2. The van der Waals surface area contributed by atoms with Crippen LogP contribution in [0, 0.1) is 6.92 Å². The Kier molecular flexibility index (Phi) is 2.06. The number of H-pyrrole nitrogens is 1.